The predicted molar refractivity (Wildman–Crippen MR) is 86.9 cm³/mol. The minimum atomic E-state index is -0.313. The molecule has 0 aromatic carbocycles. The molecule has 21 heavy (non-hydrogen) atoms. The van der Waals surface area contributed by atoms with E-state index in [9.17, 15) is 4.79 Å². The SMILES string of the molecule is Cc1cc(C)nc(SC(C)C(=O)N/N=C\c2cccs2)n1. The summed E-state index contributed by atoms with van der Waals surface area (Å²) in [5.74, 6) is -0.171. The van der Waals surface area contributed by atoms with Crippen molar-refractivity contribution < 1.29 is 4.79 Å². The van der Waals surface area contributed by atoms with E-state index in [2.05, 4.69) is 20.5 Å². The molecule has 1 atom stereocenters. The lowest BCUT2D eigenvalue weighted by atomic mass is 10.4. The number of aryl methyl sites for hydroxylation is 2. The zero-order valence-corrected chi connectivity index (χ0v) is 13.7. The molecule has 2 aromatic rings. The summed E-state index contributed by atoms with van der Waals surface area (Å²) in [6, 6.07) is 5.77. The lowest BCUT2D eigenvalue weighted by Gasteiger charge is -2.08. The van der Waals surface area contributed by atoms with Gasteiger partial charge in [0.2, 0.25) is 0 Å². The van der Waals surface area contributed by atoms with Crippen LogP contribution in [-0.2, 0) is 4.79 Å². The summed E-state index contributed by atoms with van der Waals surface area (Å²) in [6.45, 7) is 5.63. The molecule has 5 nitrogen and oxygen atoms in total. The van der Waals surface area contributed by atoms with Crippen molar-refractivity contribution in [2.75, 3.05) is 0 Å². The summed E-state index contributed by atoms with van der Waals surface area (Å²) in [5, 5.41) is 6.20. The average molecular weight is 320 g/mol. The molecule has 2 aromatic heterocycles. The molecular formula is C14H16N4OS2. The van der Waals surface area contributed by atoms with Crippen LogP contribution in [0, 0.1) is 13.8 Å². The maximum atomic E-state index is 11.9. The van der Waals surface area contributed by atoms with E-state index in [-0.39, 0.29) is 11.2 Å². The molecule has 0 radical (unpaired) electrons. The summed E-state index contributed by atoms with van der Waals surface area (Å²) >= 11 is 2.89. The third kappa shape index (κ3) is 4.95. The fraction of sp³-hybridized carbons (Fsp3) is 0.286. The number of hydrazone groups is 1. The average Bonchev–Trinajstić information content (AvgIpc) is 2.90. The summed E-state index contributed by atoms with van der Waals surface area (Å²) in [6.07, 6.45) is 1.63. The van der Waals surface area contributed by atoms with E-state index >= 15 is 0 Å². The first-order valence-electron chi connectivity index (χ1n) is 6.40. The van der Waals surface area contributed by atoms with Gasteiger partial charge in [-0.25, -0.2) is 15.4 Å². The quantitative estimate of drug-likeness (QED) is 0.398. The predicted octanol–water partition coefficient (Wildman–Crippen LogP) is 2.79. The summed E-state index contributed by atoms with van der Waals surface area (Å²) in [5.41, 5.74) is 4.32. The molecule has 2 heterocycles. The molecule has 7 heteroatoms. The standard InChI is InChI=1S/C14H16N4OS2/c1-9-7-10(2)17-14(16-9)21-11(3)13(19)18-15-8-12-5-4-6-20-12/h4-8,11H,1-3H3,(H,18,19)/b15-8-. The number of carbonyl (C=O) groups is 1. The number of thiophene rings is 1. The number of rotatable bonds is 5. The Morgan fingerprint density at radius 3 is 2.76 bits per heavy atom. The molecule has 0 aliphatic rings. The van der Waals surface area contributed by atoms with Crippen molar-refractivity contribution in [1.29, 1.82) is 0 Å². The fourth-order valence-electron chi connectivity index (χ4n) is 1.57. The monoisotopic (exact) mass is 320 g/mol. The highest BCUT2D eigenvalue weighted by atomic mass is 32.2. The Balaban J connectivity index is 1.90. The van der Waals surface area contributed by atoms with Crippen LogP contribution in [0.5, 0.6) is 0 Å². The van der Waals surface area contributed by atoms with Gasteiger partial charge in [0.15, 0.2) is 5.16 Å². The van der Waals surface area contributed by atoms with Crippen LogP contribution in [0.25, 0.3) is 0 Å². The zero-order chi connectivity index (χ0) is 15.2. The minimum Gasteiger partial charge on any atom is -0.272 e. The molecule has 1 unspecified atom stereocenters. The van der Waals surface area contributed by atoms with Crippen LogP contribution in [-0.4, -0.2) is 27.3 Å². The molecule has 1 N–H and O–H groups in total. The fourth-order valence-corrected chi connectivity index (χ4v) is 3.03. The maximum absolute atomic E-state index is 11.9. The molecule has 110 valence electrons. The van der Waals surface area contributed by atoms with Crippen molar-refractivity contribution >= 4 is 35.2 Å². The van der Waals surface area contributed by atoms with Gasteiger partial charge in [0.25, 0.3) is 5.91 Å². The van der Waals surface area contributed by atoms with Gasteiger partial charge in [0, 0.05) is 16.3 Å². The second-order valence-corrected chi connectivity index (χ2v) is 6.73. The Morgan fingerprint density at radius 2 is 2.14 bits per heavy atom. The van der Waals surface area contributed by atoms with Crippen LogP contribution in [0.3, 0.4) is 0 Å². The van der Waals surface area contributed by atoms with Crippen LogP contribution in [0.15, 0.2) is 33.8 Å². The van der Waals surface area contributed by atoms with E-state index in [0.29, 0.717) is 5.16 Å². The van der Waals surface area contributed by atoms with E-state index in [1.54, 1.807) is 17.6 Å². The van der Waals surface area contributed by atoms with Crippen LogP contribution in [0.2, 0.25) is 0 Å². The van der Waals surface area contributed by atoms with Gasteiger partial charge in [-0.05, 0) is 38.3 Å². The highest BCUT2D eigenvalue weighted by Crippen LogP contribution is 2.20. The number of hydrogen-bond acceptors (Lipinski definition) is 6. The number of nitrogens with one attached hydrogen (secondary N) is 1. The number of thioether (sulfide) groups is 1. The van der Waals surface area contributed by atoms with E-state index in [1.807, 2.05) is 44.4 Å². The zero-order valence-electron chi connectivity index (χ0n) is 12.0. The first-order valence-corrected chi connectivity index (χ1v) is 8.16. The second-order valence-electron chi connectivity index (χ2n) is 4.44. The Labute approximate surface area is 131 Å². The van der Waals surface area contributed by atoms with Gasteiger partial charge in [-0.3, -0.25) is 4.79 Å². The van der Waals surface area contributed by atoms with Crippen LogP contribution < -0.4 is 5.43 Å². The van der Waals surface area contributed by atoms with Crippen LogP contribution in [0.1, 0.15) is 23.2 Å². The second kappa shape index (κ2) is 7.33. The Morgan fingerprint density at radius 1 is 1.43 bits per heavy atom. The number of carbonyl (C=O) groups excluding carboxylic acids is 1. The summed E-state index contributed by atoms with van der Waals surface area (Å²) < 4.78 is 0. The third-order valence-electron chi connectivity index (χ3n) is 2.52. The normalized spacial score (nSPS) is 12.5. The van der Waals surface area contributed by atoms with Gasteiger partial charge >= 0.3 is 0 Å². The van der Waals surface area contributed by atoms with Gasteiger partial charge in [-0.2, -0.15) is 5.10 Å². The van der Waals surface area contributed by atoms with Gasteiger partial charge in [0.1, 0.15) is 0 Å². The first-order chi connectivity index (χ1) is 10.0. The highest BCUT2D eigenvalue weighted by Gasteiger charge is 2.15. The Bertz CT molecular complexity index is 620. The van der Waals surface area contributed by atoms with Gasteiger partial charge in [-0.1, -0.05) is 17.8 Å². The topological polar surface area (TPSA) is 67.2 Å². The molecule has 2 rings (SSSR count). The lowest BCUT2D eigenvalue weighted by molar-refractivity contribution is -0.120. The van der Waals surface area contributed by atoms with E-state index < -0.39 is 0 Å². The van der Waals surface area contributed by atoms with Crippen LogP contribution in [0.4, 0.5) is 0 Å². The largest absolute Gasteiger partial charge is 0.272 e. The number of amides is 1. The van der Waals surface area contributed by atoms with Crippen molar-refractivity contribution in [2.45, 2.75) is 31.2 Å². The molecule has 0 spiro atoms. The van der Waals surface area contributed by atoms with E-state index in [1.165, 1.54) is 11.8 Å². The minimum absolute atomic E-state index is 0.171. The Kier molecular flexibility index (Phi) is 5.46. The molecule has 0 aliphatic heterocycles. The third-order valence-corrected chi connectivity index (χ3v) is 4.29. The lowest BCUT2D eigenvalue weighted by Crippen LogP contribution is -2.27. The molecule has 0 aliphatic carbocycles. The molecule has 0 bridgehead atoms. The number of hydrogen-bond donors (Lipinski definition) is 1. The van der Waals surface area contributed by atoms with Gasteiger partial charge < -0.3 is 0 Å². The molecule has 0 saturated heterocycles. The first kappa shape index (κ1) is 15.7. The smallest absolute Gasteiger partial charge is 0.253 e. The summed E-state index contributed by atoms with van der Waals surface area (Å²) in [4.78, 5) is 21.6. The van der Waals surface area contributed by atoms with Crippen molar-refractivity contribution in [1.82, 2.24) is 15.4 Å². The van der Waals surface area contributed by atoms with Crippen molar-refractivity contribution in [2.24, 2.45) is 5.10 Å². The van der Waals surface area contributed by atoms with Crippen molar-refractivity contribution in [3.63, 3.8) is 0 Å². The molecular weight excluding hydrogens is 304 g/mol. The molecule has 1 amide bonds. The van der Waals surface area contributed by atoms with Crippen molar-refractivity contribution in [3.05, 3.63) is 39.8 Å². The van der Waals surface area contributed by atoms with Gasteiger partial charge in [0.05, 0.1) is 11.5 Å². The van der Waals surface area contributed by atoms with Crippen molar-refractivity contribution in [3.8, 4) is 0 Å². The molecule has 0 saturated carbocycles. The number of aromatic nitrogens is 2. The summed E-state index contributed by atoms with van der Waals surface area (Å²) in [7, 11) is 0. The highest BCUT2D eigenvalue weighted by molar-refractivity contribution is 8.00. The molecule has 0 fully saturated rings. The number of nitrogens with zero attached hydrogens (tertiary/aromatic N) is 3. The van der Waals surface area contributed by atoms with Crippen LogP contribution >= 0.6 is 23.1 Å². The maximum Gasteiger partial charge on any atom is 0.253 e. The Hall–Kier alpha value is -1.73. The van der Waals surface area contributed by atoms with E-state index in [0.717, 1.165) is 16.3 Å². The van der Waals surface area contributed by atoms with Gasteiger partial charge in [-0.15, -0.1) is 11.3 Å². The van der Waals surface area contributed by atoms with E-state index in [4.69, 9.17) is 0 Å².